The summed E-state index contributed by atoms with van der Waals surface area (Å²) in [4.78, 5) is 8.60. The number of pyridine rings is 1. The Kier molecular flexibility index (Phi) is 4.49. The van der Waals surface area contributed by atoms with Gasteiger partial charge in [0.2, 0.25) is 0 Å². The Hall–Kier alpha value is -1.20. The fourth-order valence-corrected chi connectivity index (χ4v) is 2.20. The number of halogens is 1. The molecule has 2 aromatic rings. The van der Waals surface area contributed by atoms with E-state index in [-0.39, 0.29) is 6.04 Å². The molecule has 96 valence electrons. The van der Waals surface area contributed by atoms with Crippen LogP contribution in [0.4, 0.5) is 0 Å². The third-order valence-corrected chi connectivity index (χ3v) is 3.33. The molecule has 2 heterocycles. The summed E-state index contributed by atoms with van der Waals surface area (Å²) in [7, 11) is 2.02. The van der Waals surface area contributed by atoms with E-state index >= 15 is 0 Å². The minimum Gasteiger partial charge on any atom is -0.336 e. The predicted molar refractivity (Wildman–Crippen MR) is 75.3 cm³/mol. The average Bonchev–Trinajstić information content (AvgIpc) is 2.78. The summed E-state index contributed by atoms with van der Waals surface area (Å²) < 4.78 is 3.05. The highest BCUT2D eigenvalue weighted by Crippen LogP contribution is 2.17. The maximum atomic E-state index is 4.42. The van der Waals surface area contributed by atoms with Crippen LogP contribution < -0.4 is 5.32 Å². The normalized spacial score (nSPS) is 12.6. The van der Waals surface area contributed by atoms with Crippen LogP contribution in [-0.2, 0) is 13.5 Å². The third kappa shape index (κ3) is 3.17. The maximum absolute atomic E-state index is 4.42. The summed E-state index contributed by atoms with van der Waals surface area (Å²) >= 11 is 3.40. The molecule has 0 aliphatic rings. The number of aryl methyl sites for hydroxylation is 1. The molecule has 1 atom stereocenters. The standard InChI is InChI=1S/C13H17BrN4/c1-3-16-12(13-8-15-9-18(13)2)6-11-5-4-10(14)7-17-11/h4-5,7-9,12,16H,3,6H2,1-2H3. The summed E-state index contributed by atoms with van der Waals surface area (Å²) in [5, 5.41) is 3.48. The first kappa shape index (κ1) is 13.2. The van der Waals surface area contributed by atoms with E-state index in [1.807, 2.05) is 42.5 Å². The van der Waals surface area contributed by atoms with Crippen molar-refractivity contribution in [3.05, 3.63) is 46.7 Å². The van der Waals surface area contributed by atoms with Gasteiger partial charge in [-0.15, -0.1) is 0 Å². The molecule has 0 radical (unpaired) electrons. The Morgan fingerprint density at radius 1 is 1.39 bits per heavy atom. The lowest BCUT2D eigenvalue weighted by Gasteiger charge is -2.18. The van der Waals surface area contributed by atoms with Gasteiger partial charge in [-0.2, -0.15) is 0 Å². The van der Waals surface area contributed by atoms with Crippen molar-refractivity contribution in [1.82, 2.24) is 19.9 Å². The molecule has 0 aliphatic carbocycles. The fraction of sp³-hybridized carbons (Fsp3) is 0.385. The lowest BCUT2D eigenvalue weighted by Crippen LogP contribution is -2.25. The molecule has 0 fully saturated rings. The van der Waals surface area contributed by atoms with Gasteiger partial charge in [0.25, 0.3) is 0 Å². The zero-order valence-corrected chi connectivity index (χ0v) is 12.2. The molecular weight excluding hydrogens is 292 g/mol. The highest BCUT2D eigenvalue weighted by molar-refractivity contribution is 9.10. The Morgan fingerprint density at radius 3 is 2.78 bits per heavy atom. The van der Waals surface area contributed by atoms with Crippen molar-refractivity contribution in [2.45, 2.75) is 19.4 Å². The van der Waals surface area contributed by atoms with Crippen molar-refractivity contribution < 1.29 is 0 Å². The molecule has 0 bridgehead atoms. The van der Waals surface area contributed by atoms with E-state index in [2.05, 4.69) is 38.1 Å². The maximum Gasteiger partial charge on any atom is 0.0946 e. The van der Waals surface area contributed by atoms with Crippen molar-refractivity contribution in [3.8, 4) is 0 Å². The molecule has 0 saturated heterocycles. The smallest absolute Gasteiger partial charge is 0.0946 e. The number of rotatable bonds is 5. The molecule has 2 rings (SSSR count). The van der Waals surface area contributed by atoms with Gasteiger partial charge in [-0.3, -0.25) is 4.98 Å². The molecule has 1 N–H and O–H groups in total. The summed E-state index contributed by atoms with van der Waals surface area (Å²) in [5.41, 5.74) is 2.26. The lowest BCUT2D eigenvalue weighted by molar-refractivity contribution is 0.516. The number of hydrogen-bond acceptors (Lipinski definition) is 3. The van der Waals surface area contributed by atoms with Crippen molar-refractivity contribution in [2.24, 2.45) is 7.05 Å². The van der Waals surface area contributed by atoms with E-state index < -0.39 is 0 Å². The number of hydrogen-bond donors (Lipinski definition) is 1. The van der Waals surface area contributed by atoms with Crippen molar-refractivity contribution >= 4 is 15.9 Å². The number of nitrogens with zero attached hydrogens (tertiary/aromatic N) is 3. The van der Waals surface area contributed by atoms with Crippen LogP contribution >= 0.6 is 15.9 Å². The number of imidazole rings is 1. The second-order valence-electron chi connectivity index (χ2n) is 4.21. The molecule has 0 amide bonds. The van der Waals surface area contributed by atoms with Gasteiger partial charge in [0.05, 0.1) is 18.1 Å². The SMILES string of the molecule is CCNC(Cc1ccc(Br)cn1)c1cncn1C. The highest BCUT2D eigenvalue weighted by atomic mass is 79.9. The zero-order valence-electron chi connectivity index (χ0n) is 10.6. The molecule has 0 aliphatic heterocycles. The van der Waals surface area contributed by atoms with Gasteiger partial charge in [-0.25, -0.2) is 4.98 Å². The van der Waals surface area contributed by atoms with Crippen molar-refractivity contribution in [1.29, 1.82) is 0 Å². The fourth-order valence-electron chi connectivity index (χ4n) is 1.97. The summed E-state index contributed by atoms with van der Waals surface area (Å²) in [6.07, 6.45) is 6.43. The van der Waals surface area contributed by atoms with Crippen LogP contribution in [0.1, 0.15) is 24.4 Å². The number of aromatic nitrogens is 3. The van der Waals surface area contributed by atoms with E-state index in [1.54, 1.807) is 0 Å². The van der Waals surface area contributed by atoms with Gasteiger partial charge in [0.15, 0.2) is 0 Å². The first-order valence-corrected chi connectivity index (χ1v) is 6.80. The van der Waals surface area contributed by atoms with Crippen LogP contribution in [0.25, 0.3) is 0 Å². The number of nitrogens with one attached hydrogen (secondary N) is 1. The first-order chi connectivity index (χ1) is 8.70. The molecule has 18 heavy (non-hydrogen) atoms. The van der Waals surface area contributed by atoms with E-state index in [0.29, 0.717) is 0 Å². The molecule has 2 aromatic heterocycles. The Labute approximate surface area is 116 Å². The minimum absolute atomic E-state index is 0.246. The van der Waals surface area contributed by atoms with Gasteiger partial charge in [-0.05, 0) is 34.6 Å². The van der Waals surface area contributed by atoms with E-state index in [0.717, 1.165) is 23.1 Å². The Balaban J connectivity index is 2.16. The molecule has 5 heteroatoms. The molecule has 0 spiro atoms. The summed E-state index contributed by atoms with van der Waals surface area (Å²) in [5.74, 6) is 0. The molecular formula is C13H17BrN4. The Morgan fingerprint density at radius 2 is 2.22 bits per heavy atom. The van der Waals surface area contributed by atoms with Crippen molar-refractivity contribution in [2.75, 3.05) is 6.54 Å². The van der Waals surface area contributed by atoms with Gasteiger partial charge < -0.3 is 9.88 Å². The predicted octanol–water partition coefficient (Wildman–Crippen LogP) is 2.47. The van der Waals surface area contributed by atoms with Gasteiger partial charge in [0, 0.05) is 36.0 Å². The van der Waals surface area contributed by atoms with Gasteiger partial charge in [0.1, 0.15) is 0 Å². The zero-order chi connectivity index (χ0) is 13.0. The topological polar surface area (TPSA) is 42.7 Å². The molecule has 0 aromatic carbocycles. The van der Waals surface area contributed by atoms with Crippen LogP contribution in [0.5, 0.6) is 0 Å². The van der Waals surface area contributed by atoms with Crippen LogP contribution in [0.15, 0.2) is 35.3 Å². The van der Waals surface area contributed by atoms with Gasteiger partial charge in [-0.1, -0.05) is 6.92 Å². The Bertz CT molecular complexity index is 492. The summed E-state index contributed by atoms with van der Waals surface area (Å²) in [6, 6.07) is 4.32. The molecule has 4 nitrogen and oxygen atoms in total. The van der Waals surface area contributed by atoms with Crippen LogP contribution in [0.2, 0.25) is 0 Å². The van der Waals surface area contributed by atoms with Crippen LogP contribution in [0.3, 0.4) is 0 Å². The first-order valence-electron chi connectivity index (χ1n) is 6.00. The lowest BCUT2D eigenvalue weighted by atomic mass is 10.1. The molecule has 0 saturated carbocycles. The van der Waals surface area contributed by atoms with Crippen LogP contribution in [0, 0.1) is 0 Å². The second-order valence-corrected chi connectivity index (χ2v) is 5.13. The van der Waals surface area contributed by atoms with Crippen LogP contribution in [-0.4, -0.2) is 21.1 Å². The largest absolute Gasteiger partial charge is 0.336 e. The van der Waals surface area contributed by atoms with E-state index in [4.69, 9.17) is 0 Å². The minimum atomic E-state index is 0.246. The summed E-state index contributed by atoms with van der Waals surface area (Å²) in [6.45, 7) is 3.03. The monoisotopic (exact) mass is 308 g/mol. The molecule has 1 unspecified atom stereocenters. The second kappa shape index (κ2) is 6.11. The third-order valence-electron chi connectivity index (χ3n) is 2.86. The van der Waals surface area contributed by atoms with Gasteiger partial charge >= 0.3 is 0 Å². The van der Waals surface area contributed by atoms with E-state index in [9.17, 15) is 0 Å². The number of likely N-dealkylation sites (N-methyl/N-ethyl adjacent to an activating group) is 1. The average molecular weight is 309 g/mol. The quantitative estimate of drug-likeness (QED) is 0.922. The van der Waals surface area contributed by atoms with Crippen molar-refractivity contribution in [3.63, 3.8) is 0 Å². The highest BCUT2D eigenvalue weighted by Gasteiger charge is 2.14. The van der Waals surface area contributed by atoms with E-state index in [1.165, 1.54) is 5.69 Å².